The van der Waals surface area contributed by atoms with Crippen molar-refractivity contribution in [1.29, 1.82) is 0 Å². The zero-order chi connectivity index (χ0) is 12.5. The number of fused-ring (bicyclic) bond motifs is 1. The van der Waals surface area contributed by atoms with E-state index in [0.717, 1.165) is 16.8 Å². The van der Waals surface area contributed by atoms with Gasteiger partial charge in [0, 0.05) is 6.20 Å². The Morgan fingerprint density at radius 1 is 1.06 bits per heavy atom. The lowest BCUT2D eigenvalue weighted by molar-refractivity contribution is -0.123. The molecule has 1 aliphatic heterocycles. The molecule has 4 heteroatoms. The molecule has 3 rings (SSSR count). The summed E-state index contributed by atoms with van der Waals surface area (Å²) in [5, 5.41) is 2.91. The van der Waals surface area contributed by atoms with Crippen LogP contribution in [-0.2, 0) is 4.79 Å². The topological polar surface area (TPSA) is 68.0 Å². The third-order valence-electron chi connectivity index (χ3n) is 3.19. The number of nitrogens with one attached hydrogen (secondary N) is 1. The Bertz CT molecular complexity index is 583. The average Bonchev–Trinajstić information content (AvgIpc) is 2.44. The van der Waals surface area contributed by atoms with Crippen molar-refractivity contribution in [3.05, 3.63) is 65.5 Å². The minimum atomic E-state index is -0.596. The first-order chi connectivity index (χ1) is 8.77. The van der Waals surface area contributed by atoms with E-state index in [9.17, 15) is 4.79 Å². The van der Waals surface area contributed by atoms with Gasteiger partial charge in [0.15, 0.2) is 0 Å². The van der Waals surface area contributed by atoms with Crippen LogP contribution in [0.1, 0.15) is 28.9 Å². The number of carbonyl (C=O) groups is 1. The van der Waals surface area contributed by atoms with Crippen molar-refractivity contribution in [3.63, 3.8) is 0 Å². The number of amides is 1. The minimum absolute atomic E-state index is 0.163. The Balaban J connectivity index is 2.13. The van der Waals surface area contributed by atoms with Crippen LogP contribution in [0.4, 0.5) is 0 Å². The fourth-order valence-electron chi connectivity index (χ4n) is 2.29. The summed E-state index contributed by atoms with van der Waals surface area (Å²) in [6.45, 7) is 0. The number of benzene rings is 1. The predicted octanol–water partition coefficient (Wildman–Crippen LogP) is 1.30. The number of hydrogen-bond acceptors (Lipinski definition) is 3. The lowest BCUT2D eigenvalue weighted by atomic mass is 9.89. The van der Waals surface area contributed by atoms with Gasteiger partial charge in [-0.1, -0.05) is 30.3 Å². The Kier molecular flexibility index (Phi) is 2.57. The van der Waals surface area contributed by atoms with Crippen LogP contribution in [0.15, 0.2) is 48.7 Å². The molecule has 2 aromatic rings. The Labute approximate surface area is 105 Å². The summed E-state index contributed by atoms with van der Waals surface area (Å²) in [6, 6.07) is 12.6. The maximum atomic E-state index is 11.9. The molecule has 90 valence electrons. The first-order valence-electron chi connectivity index (χ1n) is 5.83. The van der Waals surface area contributed by atoms with E-state index in [1.807, 2.05) is 42.5 Å². The third-order valence-corrected chi connectivity index (χ3v) is 3.19. The molecule has 18 heavy (non-hydrogen) atoms. The van der Waals surface area contributed by atoms with Crippen molar-refractivity contribution in [3.8, 4) is 0 Å². The molecule has 0 saturated heterocycles. The van der Waals surface area contributed by atoms with E-state index < -0.39 is 6.04 Å². The first kappa shape index (κ1) is 10.9. The number of nitrogens with two attached hydrogens (primary N) is 1. The quantitative estimate of drug-likeness (QED) is 0.788. The van der Waals surface area contributed by atoms with Crippen molar-refractivity contribution < 1.29 is 4.79 Å². The molecule has 2 heterocycles. The lowest BCUT2D eigenvalue weighted by Gasteiger charge is -2.29. The van der Waals surface area contributed by atoms with Crippen molar-refractivity contribution in [2.24, 2.45) is 5.73 Å². The second-order valence-corrected chi connectivity index (χ2v) is 4.30. The molecule has 2 atom stereocenters. The number of rotatable bonds is 1. The van der Waals surface area contributed by atoms with E-state index in [4.69, 9.17) is 5.73 Å². The van der Waals surface area contributed by atoms with Crippen molar-refractivity contribution in [2.75, 3.05) is 0 Å². The summed E-state index contributed by atoms with van der Waals surface area (Å²) < 4.78 is 0. The SMILES string of the molecule is NC1C(=O)NC(c2ccccn2)c2ccccc21. The zero-order valence-electron chi connectivity index (χ0n) is 9.71. The van der Waals surface area contributed by atoms with Gasteiger partial charge in [-0.2, -0.15) is 0 Å². The number of carbonyl (C=O) groups excluding carboxylic acids is 1. The van der Waals surface area contributed by atoms with Gasteiger partial charge in [-0.05, 0) is 23.3 Å². The lowest BCUT2D eigenvalue weighted by Crippen LogP contribution is -2.42. The summed E-state index contributed by atoms with van der Waals surface area (Å²) in [6.07, 6.45) is 1.72. The highest BCUT2D eigenvalue weighted by Crippen LogP contribution is 2.31. The largest absolute Gasteiger partial charge is 0.342 e. The molecule has 0 radical (unpaired) electrons. The highest BCUT2D eigenvalue weighted by Gasteiger charge is 2.31. The zero-order valence-corrected chi connectivity index (χ0v) is 9.71. The van der Waals surface area contributed by atoms with Gasteiger partial charge in [0.1, 0.15) is 6.04 Å². The summed E-state index contributed by atoms with van der Waals surface area (Å²) in [4.78, 5) is 16.2. The number of pyridine rings is 1. The predicted molar refractivity (Wildman–Crippen MR) is 67.6 cm³/mol. The first-order valence-corrected chi connectivity index (χ1v) is 5.83. The molecular weight excluding hydrogens is 226 g/mol. The van der Waals surface area contributed by atoms with Crippen LogP contribution in [0.25, 0.3) is 0 Å². The standard InChI is InChI=1S/C14H13N3O/c15-12-9-5-1-2-6-10(9)13(17-14(12)18)11-7-3-4-8-16-11/h1-8,12-13H,15H2,(H,17,18). The van der Waals surface area contributed by atoms with Gasteiger partial charge in [-0.15, -0.1) is 0 Å². The summed E-state index contributed by atoms with van der Waals surface area (Å²) in [5.74, 6) is -0.163. The molecule has 1 amide bonds. The van der Waals surface area contributed by atoms with Crippen molar-refractivity contribution >= 4 is 5.91 Å². The molecule has 2 unspecified atom stereocenters. The van der Waals surface area contributed by atoms with Crippen LogP contribution in [0, 0.1) is 0 Å². The second-order valence-electron chi connectivity index (χ2n) is 4.30. The molecule has 0 aliphatic carbocycles. The Morgan fingerprint density at radius 2 is 1.78 bits per heavy atom. The molecule has 0 saturated carbocycles. The van der Waals surface area contributed by atoms with Crippen LogP contribution in [0.5, 0.6) is 0 Å². The summed E-state index contributed by atoms with van der Waals surface area (Å²) >= 11 is 0. The third kappa shape index (κ3) is 1.67. The molecule has 0 bridgehead atoms. The highest BCUT2D eigenvalue weighted by atomic mass is 16.2. The summed E-state index contributed by atoms with van der Waals surface area (Å²) in [5.41, 5.74) is 8.61. The maximum absolute atomic E-state index is 11.9. The Morgan fingerprint density at radius 3 is 2.50 bits per heavy atom. The van der Waals surface area contributed by atoms with E-state index in [-0.39, 0.29) is 11.9 Å². The number of hydrogen-bond donors (Lipinski definition) is 2. The normalized spacial score (nSPS) is 22.2. The van der Waals surface area contributed by atoms with Crippen LogP contribution in [0.3, 0.4) is 0 Å². The van der Waals surface area contributed by atoms with Gasteiger partial charge >= 0.3 is 0 Å². The van der Waals surface area contributed by atoms with Gasteiger partial charge < -0.3 is 11.1 Å². The van der Waals surface area contributed by atoms with Crippen LogP contribution < -0.4 is 11.1 Å². The van der Waals surface area contributed by atoms with Crippen LogP contribution >= 0.6 is 0 Å². The van der Waals surface area contributed by atoms with Gasteiger partial charge in [0.2, 0.25) is 5.91 Å². The molecule has 1 aliphatic rings. The summed E-state index contributed by atoms with van der Waals surface area (Å²) in [7, 11) is 0. The minimum Gasteiger partial charge on any atom is -0.342 e. The number of nitrogens with zero attached hydrogens (tertiary/aromatic N) is 1. The second kappa shape index (κ2) is 4.23. The smallest absolute Gasteiger partial charge is 0.242 e. The molecule has 4 nitrogen and oxygen atoms in total. The van der Waals surface area contributed by atoms with Crippen molar-refractivity contribution in [1.82, 2.24) is 10.3 Å². The van der Waals surface area contributed by atoms with Crippen LogP contribution in [-0.4, -0.2) is 10.9 Å². The molecule has 1 aromatic heterocycles. The molecule has 0 fully saturated rings. The highest BCUT2D eigenvalue weighted by molar-refractivity contribution is 5.86. The van der Waals surface area contributed by atoms with Gasteiger partial charge in [-0.3, -0.25) is 9.78 Å². The van der Waals surface area contributed by atoms with E-state index in [1.54, 1.807) is 6.20 Å². The fourth-order valence-corrected chi connectivity index (χ4v) is 2.29. The maximum Gasteiger partial charge on any atom is 0.242 e. The van der Waals surface area contributed by atoms with Gasteiger partial charge in [0.25, 0.3) is 0 Å². The molecular formula is C14H13N3O. The van der Waals surface area contributed by atoms with E-state index in [2.05, 4.69) is 10.3 Å². The van der Waals surface area contributed by atoms with E-state index in [0.29, 0.717) is 0 Å². The average molecular weight is 239 g/mol. The molecule has 1 aromatic carbocycles. The van der Waals surface area contributed by atoms with Gasteiger partial charge in [0.05, 0.1) is 11.7 Å². The molecule has 3 N–H and O–H groups in total. The fraction of sp³-hybridized carbons (Fsp3) is 0.143. The Hall–Kier alpha value is -2.20. The monoisotopic (exact) mass is 239 g/mol. The van der Waals surface area contributed by atoms with E-state index in [1.165, 1.54) is 0 Å². The van der Waals surface area contributed by atoms with Gasteiger partial charge in [-0.25, -0.2) is 0 Å². The number of aromatic nitrogens is 1. The van der Waals surface area contributed by atoms with Crippen LogP contribution in [0.2, 0.25) is 0 Å². The molecule has 0 spiro atoms. The van der Waals surface area contributed by atoms with Crippen molar-refractivity contribution in [2.45, 2.75) is 12.1 Å². The van der Waals surface area contributed by atoms with E-state index >= 15 is 0 Å².